The predicted octanol–water partition coefficient (Wildman–Crippen LogP) is 6.27. The Morgan fingerprint density at radius 1 is 1.05 bits per heavy atom. The van der Waals surface area contributed by atoms with Gasteiger partial charge in [0.2, 0.25) is 11.9 Å². The standard InChI is InChI=1S/C35H41N4O2/c1-6-17-37(18-7-2)24(3)26-12-8-11-25(19-26)22-38-33(40)35(4,32-31-23-39(31,32)34(38)36)29-15-9-13-27(20-29)28-14-10-16-30(21-28)41-5/h8-16,19-21,31-32,36H,3,6-7,17-18,22-23H2,1-2,4-5H3/q+1. The first-order valence-electron chi connectivity index (χ1n) is 14.9. The van der Waals surface area contributed by atoms with Crippen LogP contribution in [-0.2, 0) is 16.8 Å². The molecule has 1 amide bonds. The SMILES string of the molecule is C=C(c1cccc(CN2C(=N)[N+]34CC3C4C(C)(c3cccc(-c4cccc(OC)c4)c3)C2=O)c1)N(CCC)CCC. The van der Waals surface area contributed by atoms with Crippen LogP contribution in [0.25, 0.3) is 16.8 Å². The molecule has 3 aliphatic heterocycles. The zero-order valence-corrected chi connectivity index (χ0v) is 24.7. The van der Waals surface area contributed by atoms with E-state index in [4.69, 9.17) is 10.1 Å². The summed E-state index contributed by atoms with van der Waals surface area (Å²) in [6.07, 6.45) is 2.14. The summed E-state index contributed by atoms with van der Waals surface area (Å²) < 4.78 is 6.09. The maximum absolute atomic E-state index is 14.4. The van der Waals surface area contributed by atoms with E-state index in [2.05, 4.69) is 74.7 Å². The molecule has 3 aromatic carbocycles. The summed E-state index contributed by atoms with van der Waals surface area (Å²) in [6.45, 7) is 14.2. The smallest absolute Gasteiger partial charge is 0.305 e. The second-order valence-electron chi connectivity index (χ2n) is 12.0. The Morgan fingerprint density at radius 3 is 2.41 bits per heavy atom. The summed E-state index contributed by atoms with van der Waals surface area (Å²) in [7, 11) is 1.68. The van der Waals surface area contributed by atoms with Crippen molar-refractivity contribution in [3.63, 3.8) is 0 Å². The quantitative estimate of drug-likeness (QED) is 0.227. The van der Waals surface area contributed by atoms with Gasteiger partial charge in [0.1, 0.15) is 17.7 Å². The molecule has 41 heavy (non-hydrogen) atoms. The molecule has 3 aliphatic rings. The summed E-state index contributed by atoms with van der Waals surface area (Å²) >= 11 is 0. The van der Waals surface area contributed by atoms with E-state index < -0.39 is 5.41 Å². The van der Waals surface area contributed by atoms with Crippen molar-refractivity contribution in [1.82, 2.24) is 9.80 Å². The van der Waals surface area contributed by atoms with Gasteiger partial charge in [-0.1, -0.05) is 69.0 Å². The number of nitrogens with one attached hydrogen (secondary N) is 1. The number of hydrogen-bond donors (Lipinski definition) is 1. The molecule has 6 heteroatoms. The van der Waals surface area contributed by atoms with Crippen LogP contribution in [0.1, 0.15) is 50.3 Å². The number of quaternary nitrogens is 1. The molecule has 0 bridgehead atoms. The first kappa shape index (κ1) is 27.3. The normalized spacial score (nSPS) is 25.8. The van der Waals surface area contributed by atoms with E-state index in [1.165, 1.54) is 0 Å². The molecule has 0 saturated carbocycles. The number of carbonyl (C=O) groups excluding carboxylic acids is 1. The number of fused-ring (bicyclic) bond motifs is 1. The Balaban J connectivity index is 1.31. The van der Waals surface area contributed by atoms with Gasteiger partial charge in [0, 0.05) is 18.8 Å². The number of hydrogen-bond acceptors (Lipinski definition) is 4. The Kier molecular flexibility index (Phi) is 6.77. The van der Waals surface area contributed by atoms with E-state index >= 15 is 0 Å². The highest BCUT2D eigenvalue weighted by molar-refractivity contribution is 6.04. The molecule has 3 aromatic rings. The molecular weight excluding hydrogens is 508 g/mol. The zero-order valence-electron chi connectivity index (χ0n) is 24.7. The number of benzene rings is 3. The highest BCUT2D eigenvalue weighted by Crippen LogP contribution is 2.66. The Bertz CT molecular complexity index is 1530. The number of methoxy groups -OCH3 is 1. The molecule has 3 fully saturated rings. The van der Waals surface area contributed by atoms with Gasteiger partial charge in [0.25, 0.3) is 0 Å². The number of nitrogens with zero attached hydrogens (tertiary/aromatic N) is 3. The van der Waals surface area contributed by atoms with Gasteiger partial charge in [0.05, 0.1) is 13.7 Å². The molecular formula is C35H41N4O2+. The van der Waals surface area contributed by atoms with Crippen LogP contribution >= 0.6 is 0 Å². The Morgan fingerprint density at radius 2 is 1.73 bits per heavy atom. The van der Waals surface area contributed by atoms with Crippen molar-refractivity contribution in [1.29, 1.82) is 5.41 Å². The second-order valence-corrected chi connectivity index (χ2v) is 12.0. The molecule has 3 heterocycles. The largest absolute Gasteiger partial charge is 0.497 e. The molecule has 3 saturated heterocycles. The van der Waals surface area contributed by atoms with Gasteiger partial charge in [-0.25, -0.2) is 14.8 Å². The Hall–Kier alpha value is -3.90. The number of carbonyl (C=O) groups is 1. The number of rotatable bonds is 11. The fourth-order valence-electron chi connectivity index (χ4n) is 7.14. The zero-order chi connectivity index (χ0) is 28.9. The van der Waals surface area contributed by atoms with Crippen molar-refractivity contribution in [2.45, 2.75) is 57.7 Å². The second kappa shape index (κ2) is 10.2. The molecule has 0 aromatic heterocycles. The maximum atomic E-state index is 14.4. The van der Waals surface area contributed by atoms with E-state index in [1.54, 1.807) is 12.0 Å². The van der Waals surface area contributed by atoms with Gasteiger partial charge >= 0.3 is 5.96 Å². The van der Waals surface area contributed by atoms with E-state index in [9.17, 15) is 4.79 Å². The number of ether oxygens (including phenoxy) is 1. The molecule has 4 atom stereocenters. The minimum absolute atomic E-state index is 0.0223. The monoisotopic (exact) mass is 549 g/mol. The fraction of sp³-hybridized carbons (Fsp3) is 0.371. The van der Waals surface area contributed by atoms with Gasteiger partial charge in [-0.2, -0.15) is 0 Å². The lowest BCUT2D eigenvalue weighted by Crippen LogP contribution is -2.62. The molecule has 0 aliphatic carbocycles. The maximum Gasteiger partial charge on any atom is 0.305 e. The van der Waals surface area contributed by atoms with Gasteiger partial charge in [-0.15, -0.1) is 0 Å². The average Bonchev–Trinajstić information content (AvgIpc) is 3.90. The topological polar surface area (TPSA) is 56.6 Å². The highest BCUT2D eigenvalue weighted by atomic mass is 16.5. The molecule has 6 nitrogen and oxygen atoms in total. The lowest BCUT2D eigenvalue weighted by molar-refractivity contribution is -0.632. The van der Waals surface area contributed by atoms with Crippen molar-refractivity contribution in [2.24, 2.45) is 0 Å². The van der Waals surface area contributed by atoms with Crippen molar-refractivity contribution < 1.29 is 14.0 Å². The van der Waals surface area contributed by atoms with E-state index in [-0.39, 0.29) is 11.9 Å². The number of guanidine groups is 1. The molecule has 1 spiro atoms. The third kappa shape index (κ3) is 4.27. The van der Waals surface area contributed by atoms with Gasteiger partial charge in [0.15, 0.2) is 6.04 Å². The van der Waals surface area contributed by atoms with Crippen LogP contribution in [0.4, 0.5) is 0 Å². The van der Waals surface area contributed by atoms with Crippen molar-refractivity contribution in [3.8, 4) is 16.9 Å². The van der Waals surface area contributed by atoms with Crippen LogP contribution in [0.15, 0.2) is 79.4 Å². The van der Waals surface area contributed by atoms with Crippen molar-refractivity contribution >= 4 is 17.6 Å². The first-order chi connectivity index (χ1) is 19.8. The predicted molar refractivity (Wildman–Crippen MR) is 164 cm³/mol. The number of amides is 1. The van der Waals surface area contributed by atoms with E-state index in [0.29, 0.717) is 23.0 Å². The van der Waals surface area contributed by atoms with Crippen LogP contribution < -0.4 is 4.74 Å². The third-order valence-electron chi connectivity index (χ3n) is 9.48. The van der Waals surface area contributed by atoms with E-state index in [0.717, 1.165) is 71.7 Å². The molecule has 1 N–H and O–H groups in total. The summed E-state index contributed by atoms with van der Waals surface area (Å²) in [6, 6.07) is 25.3. The lowest BCUT2D eigenvalue weighted by atomic mass is 9.73. The lowest BCUT2D eigenvalue weighted by Gasteiger charge is -2.40. The van der Waals surface area contributed by atoms with Crippen LogP contribution in [0, 0.1) is 5.41 Å². The van der Waals surface area contributed by atoms with Crippen LogP contribution in [0.5, 0.6) is 5.75 Å². The van der Waals surface area contributed by atoms with Gasteiger partial charge < -0.3 is 9.64 Å². The van der Waals surface area contributed by atoms with Crippen molar-refractivity contribution in [3.05, 3.63) is 96.1 Å². The fourth-order valence-corrected chi connectivity index (χ4v) is 7.14. The summed E-state index contributed by atoms with van der Waals surface area (Å²) in [4.78, 5) is 18.5. The van der Waals surface area contributed by atoms with Gasteiger partial charge in [-0.3, -0.25) is 4.79 Å². The van der Waals surface area contributed by atoms with Crippen LogP contribution in [0.2, 0.25) is 0 Å². The first-order valence-corrected chi connectivity index (χ1v) is 14.9. The van der Waals surface area contributed by atoms with E-state index in [1.807, 2.05) is 30.3 Å². The van der Waals surface area contributed by atoms with Crippen molar-refractivity contribution in [2.75, 3.05) is 26.7 Å². The summed E-state index contributed by atoms with van der Waals surface area (Å²) in [5, 5.41) is 9.13. The Labute approximate surface area is 243 Å². The van der Waals surface area contributed by atoms with Crippen LogP contribution in [-0.4, -0.2) is 65.0 Å². The highest BCUT2D eigenvalue weighted by Gasteiger charge is 2.94. The van der Waals surface area contributed by atoms with Crippen LogP contribution in [0.3, 0.4) is 0 Å². The van der Waals surface area contributed by atoms with Gasteiger partial charge in [-0.05, 0) is 71.8 Å². The summed E-state index contributed by atoms with van der Waals surface area (Å²) in [5.41, 5.74) is 5.58. The minimum atomic E-state index is -0.692. The third-order valence-corrected chi connectivity index (χ3v) is 9.48. The molecule has 4 unspecified atom stereocenters. The molecule has 212 valence electrons. The molecule has 6 rings (SSSR count). The summed E-state index contributed by atoms with van der Waals surface area (Å²) in [5.74, 6) is 1.28. The minimum Gasteiger partial charge on any atom is -0.497 e. The average molecular weight is 550 g/mol. The molecule has 0 radical (unpaired) electrons.